The molecule has 310 valence electrons. The van der Waals surface area contributed by atoms with Crippen molar-refractivity contribution >= 4 is 79.4 Å². The first-order valence-corrected chi connectivity index (χ1v) is 19.5. The minimum absolute atomic E-state index is 0.0310. The van der Waals surface area contributed by atoms with Gasteiger partial charge in [-0.1, -0.05) is 86.6 Å². The maximum absolute atomic E-state index is 14.0. The van der Waals surface area contributed by atoms with Gasteiger partial charge < -0.3 is 30.3 Å². The number of rotatable bonds is 12. The van der Waals surface area contributed by atoms with Crippen LogP contribution in [0.5, 0.6) is 11.5 Å². The Hall–Kier alpha value is -8.26. The van der Waals surface area contributed by atoms with Gasteiger partial charge in [0.1, 0.15) is 22.7 Å². The highest BCUT2D eigenvalue weighted by molar-refractivity contribution is 6.14. The second-order valence-corrected chi connectivity index (χ2v) is 13.8. The molecule has 0 fully saturated rings. The number of hydrogen-bond acceptors (Lipinski definition) is 12. The van der Waals surface area contributed by atoms with Crippen molar-refractivity contribution in [2.24, 2.45) is 20.5 Å². The summed E-state index contributed by atoms with van der Waals surface area (Å²) in [5.74, 6) is -3.28. The highest BCUT2D eigenvalue weighted by atomic mass is 16.5. The number of carbonyl (C=O) groups is 4. The molecule has 0 spiro atoms. The van der Waals surface area contributed by atoms with Crippen molar-refractivity contribution in [1.82, 2.24) is 0 Å². The number of amides is 2. The van der Waals surface area contributed by atoms with Crippen molar-refractivity contribution in [2.45, 2.75) is 26.7 Å². The molecule has 2 amide bonds. The monoisotopic (exact) mass is 828 g/mol. The summed E-state index contributed by atoms with van der Waals surface area (Å²) in [6.45, 7) is 3.83. The number of phenolic OH excluding ortho intramolecular Hbond substituents is 2. The van der Waals surface area contributed by atoms with Crippen molar-refractivity contribution < 1.29 is 38.9 Å². The Labute approximate surface area is 355 Å². The van der Waals surface area contributed by atoms with E-state index >= 15 is 0 Å². The standard InChI is InChI=1S/C48H40N6O8/c1-5-29-30(6-2)38(50-46(58)36-26-28-16-8-10-18-32(28)42(44(36)56)54-52-40-22-14-12-20-34(40)48(60)62-4)24-23-37(29)49-45(57)35-25-27-15-7-9-17-31(27)41(43(35)55)53-51-39-21-13-11-19-33(39)47(59)61-3/h7-26,55-56H,5-6H2,1-4H3,(H,49,57)(H,50,58). The summed E-state index contributed by atoms with van der Waals surface area (Å²) >= 11 is 0. The molecule has 0 heterocycles. The molecule has 7 aromatic rings. The van der Waals surface area contributed by atoms with Crippen molar-refractivity contribution in [3.05, 3.63) is 155 Å². The summed E-state index contributed by atoms with van der Waals surface area (Å²) in [4.78, 5) is 52.8. The van der Waals surface area contributed by atoms with Crippen LogP contribution in [0.2, 0.25) is 0 Å². The Morgan fingerprint density at radius 1 is 0.500 bits per heavy atom. The molecule has 0 unspecified atom stereocenters. The van der Waals surface area contributed by atoms with Crippen LogP contribution in [0.4, 0.5) is 34.1 Å². The first-order chi connectivity index (χ1) is 30.1. The molecule has 0 saturated heterocycles. The van der Waals surface area contributed by atoms with E-state index in [0.29, 0.717) is 45.8 Å². The molecule has 0 aliphatic heterocycles. The molecule has 0 bridgehead atoms. The van der Waals surface area contributed by atoms with Crippen LogP contribution in [-0.4, -0.2) is 48.2 Å². The van der Waals surface area contributed by atoms with Crippen LogP contribution in [0.25, 0.3) is 21.5 Å². The van der Waals surface area contributed by atoms with Crippen molar-refractivity contribution in [3.63, 3.8) is 0 Å². The SMILES string of the molecule is CCc1c(NC(=O)c2cc3ccccc3c(N=Nc3ccccc3C(=O)OC)c2O)ccc(NC(=O)c2cc3ccccc3c(N=Nc3ccccc3C(=O)OC)c2O)c1CC. The van der Waals surface area contributed by atoms with E-state index in [1.165, 1.54) is 14.2 Å². The number of esters is 2. The normalized spacial score (nSPS) is 11.3. The summed E-state index contributed by atoms with van der Waals surface area (Å²) in [6, 6.07) is 33.5. The molecule has 4 N–H and O–H groups in total. The molecule has 0 aliphatic rings. The molecule has 7 rings (SSSR count). The molecule has 0 atom stereocenters. The molecule has 62 heavy (non-hydrogen) atoms. The zero-order valence-electron chi connectivity index (χ0n) is 34.1. The maximum Gasteiger partial charge on any atom is 0.340 e. The van der Waals surface area contributed by atoms with E-state index < -0.39 is 35.3 Å². The molecular weight excluding hydrogens is 789 g/mol. The van der Waals surface area contributed by atoms with Crippen molar-refractivity contribution in [3.8, 4) is 11.5 Å². The van der Waals surface area contributed by atoms with E-state index in [0.717, 1.165) is 11.1 Å². The number of nitrogens with zero attached hydrogens (tertiary/aromatic N) is 4. The van der Waals surface area contributed by atoms with E-state index in [9.17, 15) is 29.4 Å². The number of ether oxygens (including phenoxy) is 2. The number of aromatic hydroxyl groups is 2. The third-order valence-corrected chi connectivity index (χ3v) is 10.2. The number of benzene rings is 7. The predicted octanol–water partition coefficient (Wildman–Crippen LogP) is 11.4. The summed E-state index contributed by atoms with van der Waals surface area (Å²) in [6.07, 6.45) is 0.925. The lowest BCUT2D eigenvalue weighted by Gasteiger charge is -2.19. The average Bonchev–Trinajstić information content (AvgIpc) is 3.30. The van der Waals surface area contributed by atoms with E-state index in [4.69, 9.17) is 9.47 Å². The van der Waals surface area contributed by atoms with Crippen molar-refractivity contribution in [2.75, 3.05) is 24.9 Å². The minimum Gasteiger partial charge on any atom is -0.505 e. The van der Waals surface area contributed by atoms with Gasteiger partial charge in [0.2, 0.25) is 0 Å². The molecule has 14 nitrogen and oxygen atoms in total. The van der Waals surface area contributed by atoms with E-state index in [1.807, 2.05) is 13.8 Å². The fraction of sp³-hybridized carbons (Fsp3) is 0.125. The average molecular weight is 829 g/mol. The number of phenols is 2. The Kier molecular flexibility index (Phi) is 12.4. The highest BCUT2D eigenvalue weighted by Crippen LogP contribution is 2.42. The van der Waals surface area contributed by atoms with Gasteiger partial charge in [-0.2, -0.15) is 0 Å². The second-order valence-electron chi connectivity index (χ2n) is 13.8. The number of carbonyl (C=O) groups excluding carboxylic acids is 4. The summed E-state index contributed by atoms with van der Waals surface area (Å²) in [5, 5.41) is 48.5. The van der Waals surface area contributed by atoms with Crippen LogP contribution in [0.1, 0.15) is 66.4 Å². The smallest absolute Gasteiger partial charge is 0.340 e. The van der Waals surface area contributed by atoms with Crippen molar-refractivity contribution in [1.29, 1.82) is 0 Å². The van der Waals surface area contributed by atoms with Gasteiger partial charge in [-0.3, -0.25) is 9.59 Å². The third-order valence-electron chi connectivity index (χ3n) is 10.2. The molecule has 14 heteroatoms. The lowest BCUT2D eigenvalue weighted by molar-refractivity contribution is 0.0592. The zero-order valence-corrected chi connectivity index (χ0v) is 34.1. The summed E-state index contributed by atoms with van der Waals surface area (Å²) < 4.78 is 9.75. The van der Waals surface area contributed by atoms with Gasteiger partial charge in [0.15, 0.2) is 11.5 Å². The Morgan fingerprint density at radius 2 is 0.871 bits per heavy atom. The fourth-order valence-electron chi connectivity index (χ4n) is 7.19. The second kappa shape index (κ2) is 18.3. The van der Waals surface area contributed by atoms with Gasteiger partial charge in [0, 0.05) is 22.1 Å². The number of nitrogens with one attached hydrogen (secondary N) is 2. The van der Waals surface area contributed by atoms with Crippen LogP contribution in [0.15, 0.2) is 142 Å². The molecular formula is C48H40N6O8. The topological polar surface area (TPSA) is 201 Å². The van der Waals surface area contributed by atoms with E-state index in [1.54, 1.807) is 121 Å². The third kappa shape index (κ3) is 8.29. The lowest BCUT2D eigenvalue weighted by Crippen LogP contribution is -2.17. The van der Waals surface area contributed by atoms with Crippen LogP contribution in [-0.2, 0) is 22.3 Å². The first kappa shape index (κ1) is 41.9. The van der Waals surface area contributed by atoms with Gasteiger partial charge in [-0.15, -0.1) is 20.5 Å². The quantitative estimate of drug-likeness (QED) is 0.0688. The number of hydrogen-bond donors (Lipinski definition) is 4. The lowest BCUT2D eigenvalue weighted by atomic mass is 9.97. The van der Waals surface area contributed by atoms with Crippen LogP contribution >= 0.6 is 0 Å². The fourth-order valence-corrected chi connectivity index (χ4v) is 7.19. The summed E-state index contributed by atoms with van der Waals surface area (Å²) in [5.41, 5.74) is 3.10. The number of anilines is 2. The maximum atomic E-state index is 14.0. The summed E-state index contributed by atoms with van der Waals surface area (Å²) in [7, 11) is 2.52. The minimum atomic E-state index is -0.620. The predicted molar refractivity (Wildman–Crippen MR) is 236 cm³/mol. The Bertz CT molecular complexity index is 2780. The van der Waals surface area contributed by atoms with Gasteiger partial charge in [-0.25, -0.2) is 9.59 Å². The molecule has 0 aromatic heterocycles. The highest BCUT2D eigenvalue weighted by Gasteiger charge is 2.24. The van der Waals surface area contributed by atoms with E-state index in [-0.39, 0.29) is 45.0 Å². The molecule has 0 aliphatic carbocycles. The molecule has 0 radical (unpaired) electrons. The van der Waals surface area contributed by atoms with Crippen LogP contribution < -0.4 is 10.6 Å². The van der Waals surface area contributed by atoms with Gasteiger partial charge in [0.05, 0.1) is 36.5 Å². The van der Waals surface area contributed by atoms with Crippen LogP contribution in [0.3, 0.4) is 0 Å². The van der Waals surface area contributed by atoms with Gasteiger partial charge >= 0.3 is 11.9 Å². The molecule has 0 saturated carbocycles. The number of fused-ring (bicyclic) bond motifs is 2. The van der Waals surface area contributed by atoms with E-state index in [2.05, 4.69) is 31.1 Å². The van der Waals surface area contributed by atoms with Gasteiger partial charge in [0.25, 0.3) is 11.8 Å². The Balaban J connectivity index is 1.20. The number of azo groups is 2. The Morgan fingerprint density at radius 3 is 1.26 bits per heavy atom. The number of methoxy groups -OCH3 is 2. The first-order valence-electron chi connectivity index (χ1n) is 19.5. The molecule has 7 aromatic carbocycles. The van der Waals surface area contributed by atoms with Gasteiger partial charge in [-0.05, 0) is 83.3 Å². The van der Waals surface area contributed by atoms with Crippen LogP contribution in [0, 0.1) is 0 Å². The largest absolute Gasteiger partial charge is 0.505 e. The zero-order chi connectivity index (χ0) is 43.9.